The lowest BCUT2D eigenvalue weighted by molar-refractivity contribution is -0.827. The molecule has 110 valence electrons. The van der Waals surface area contributed by atoms with Crippen molar-refractivity contribution < 1.29 is 26.5 Å². The zero-order valence-electron chi connectivity index (χ0n) is 11.9. The van der Waals surface area contributed by atoms with E-state index in [0.717, 1.165) is 5.56 Å². The monoisotopic (exact) mass is 296 g/mol. The van der Waals surface area contributed by atoms with Crippen LogP contribution in [0, 0.1) is 0 Å². The van der Waals surface area contributed by atoms with Gasteiger partial charge >= 0.3 is 5.91 Å². The second kappa shape index (κ2) is 8.51. The first-order chi connectivity index (χ1) is 8.95. The molecule has 20 heavy (non-hydrogen) atoms. The van der Waals surface area contributed by atoms with Crippen LogP contribution in [0.1, 0.15) is 12.0 Å². The summed E-state index contributed by atoms with van der Waals surface area (Å²) in [5.41, 5.74) is 1.12. The fourth-order valence-corrected chi connectivity index (χ4v) is 1.80. The lowest BCUT2D eigenvalue weighted by Gasteiger charge is -2.27. The molecule has 0 saturated carbocycles. The minimum atomic E-state index is -0.249. The topological polar surface area (TPSA) is 46.2 Å². The lowest BCUT2D eigenvalue weighted by atomic mass is 10.2. The fourth-order valence-electron chi connectivity index (χ4n) is 1.80. The van der Waals surface area contributed by atoms with Gasteiger partial charge in [-0.25, -0.2) is 4.79 Å². The van der Waals surface area contributed by atoms with Crippen molar-refractivity contribution >= 4 is 11.8 Å². The Hall–Kier alpha value is -1.65. The number of benzene rings is 1. The highest BCUT2D eigenvalue weighted by atomic mass is 35.5. The number of carbonyl (C=O) groups excluding carboxylic acids is 2. The molecule has 0 aliphatic rings. The molecule has 0 aliphatic carbocycles. The second-order valence-corrected chi connectivity index (χ2v) is 4.97. The predicted octanol–water partition coefficient (Wildman–Crippen LogP) is -1.51. The highest BCUT2D eigenvalue weighted by molar-refractivity contribution is 5.87. The minimum absolute atomic E-state index is 0. The molecule has 0 spiro atoms. The quantitative estimate of drug-likeness (QED) is 0.512. The summed E-state index contributed by atoms with van der Waals surface area (Å²) >= 11 is 0. The molecule has 0 saturated heterocycles. The maximum atomic E-state index is 12.1. The van der Waals surface area contributed by atoms with Crippen LogP contribution in [0.15, 0.2) is 43.0 Å². The number of carbonyl (C=O) groups is 2. The first kappa shape index (κ1) is 18.4. The molecule has 5 heteroatoms. The Labute approximate surface area is 126 Å². The van der Waals surface area contributed by atoms with Gasteiger partial charge in [-0.1, -0.05) is 36.9 Å². The van der Waals surface area contributed by atoms with Crippen molar-refractivity contribution in [2.45, 2.75) is 13.0 Å². The smallest absolute Gasteiger partial charge is 0.315 e. The Morgan fingerprint density at radius 2 is 1.85 bits per heavy atom. The third-order valence-corrected chi connectivity index (χ3v) is 2.92. The van der Waals surface area contributed by atoms with Crippen molar-refractivity contribution in [3.8, 4) is 0 Å². The first-order valence-corrected chi connectivity index (χ1v) is 6.26. The number of nitrogens with one attached hydrogen (secondary N) is 1. The normalized spacial score (nSPS) is 10.3. The van der Waals surface area contributed by atoms with Gasteiger partial charge in [0.05, 0.1) is 20.5 Å². The van der Waals surface area contributed by atoms with E-state index in [4.69, 9.17) is 0 Å². The van der Waals surface area contributed by atoms with Crippen LogP contribution in [0.4, 0.5) is 0 Å². The van der Waals surface area contributed by atoms with Gasteiger partial charge in [0.15, 0.2) is 0 Å². The number of rotatable bonds is 6. The number of halogens is 1. The highest BCUT2D eigenvalue weighted by Gasteiger charge is 2.25. The molecule has 0 aliphatic heterocycles. The van der Waals surface area contributed by atoms with E-state index in [-0.39, 0.29) is 28.7 Å². The Kier molecular flexibility index (Phi) is 7.80. The molecule has 4 nitrogen and oxygen atoms in total. The molecule has 1 rings (SSSR count). The van der Waals surface area contributed by atoms with Gasteiger partial charge in [0.2, 0.25) is 5.91 Å². The lowest BCUT2D eigenvalue weighted by Crippen LogP contribution is -3.00. The van der Waals surface area contributed by atoms with Gasteiger partial charge in [-0.15, -0.1) is 0 Å². The predicted molar refractivity (Wildman–Crippen MR) is 75.1 cm³/mol. The zero-order valence-corrected chi connectivity index (χ0v) is 12.7. The molecular formula is C15H21ClN2O2. The zero-order chi connectivity index (χ0) is 14.3. The molecule has 0 heterocycles. The number of amides is 2. The molecule has 0 radical (unpaired) electrons. The van der Waals surface area contributed by atoms with Crippen LogP contribution in [0.3, 0.4) is 0 Å². The summed E-state index contributed by atoms with van der Waals surface area (Å²) in [4.78, 5) is 23.1. The molecule has 1 aromatic rings. The van der Waals surface area contributed by atoms with Crippen LogP contribution in [-0.2, 0) is 16.1 Å². The van der Waals surface area contributed by atoms with Crippen molar-refractivity contribution in [3.63, 3.8) is 0 Å². The summed E-state index contributed by atoms with van der Waals surface area (Å²) < 4.78 is 0.272. The van der Waals surface area contributed by atoms with Gasteiger partial charge in [-0.2, -0.15) is 0 Å². The largest absolute Gasteiger partial charge is 1.00 e. The van der Waals surface area contributed by atoms with Gasteiger partial charge in [0, 0.05) is 12.1 Å². The van der Waals surface area contributed by atoms with E-state index in [2.05, 4.69) is 11.9 Å². The number of hydrogen-bond acceptors (Lipinski definition) is 2. The van der Waals surface area contributed by atoms with Crippen molar-refractivity contribution in [2.75, 3.05) is 20.6 Å². The molecular weight excluding hydrogens is 276 g/mol. The minimum Gasteiger partial charge on any atom is -1.00 e. The van der Waals surface area contributed by atoms with E-state index in [1.807, 2.05) is 44.4 Å². The first-order valence-electron chi connectivity index (χ1n) is 6.26. The SMILES string of the molecule is C=CC(=O)NCCC(=O)[N+](C)(C)Cc1ccccc1.[Cl-]. The van der Waals surface area contributed by atoms with Crippen LogP contribution in [-0.4, -0.2) is 36.9 Å². The van der Waals surface area contributed by atoms with E-state index in [1.165, 1.54) is 6.08 Å². The van der Waals surface area contributed by atoms with E-state index in [1.54, 1.807) is 0 Å². The third kappa shape index (κ3) is 5.99. The van der Waals surface area contributed by atoms with Gasteiger partial charge in [0.1, 0.15) is 6.54 Å². The summed E-state index contributed by atoms with van der Waals surface area (Å²) in [6.45, 7) is 4.36. The summed E-state index contributed by atoms with van der Waals surface area (Å²) in [5, 5.41) is 2.61. The molecule has 1 N–H and O–H groups in total. The molecule has 0 bridgehead atoms. The van der Waals surface area contributed by atoms with E-state index in [9.17, 15) is 9.59 Å². The van der Waals surface area contributed by atoms with Crippen molar-refractivity contribution in [1.29, 1.82) is 0 Å². The molecule has 0 atom stereocenters. The van der Waals surface area contributed by atoms with Crippen molar-refractivity contribution in [1.82, 2.24) is 5.32 Å². The third-order valence-electron chi connectivity index (χ3n) is 2.92. The van der Waals surface area contributed by atoms with Gasteiger partial charge in [-0.3, -0.25) is 9.28 Å². The summed E-state index contributed by atoms with van der Waals surface area (Å²) in [6, 6.07) is 9.89. The Balaban J connectivity index is 0.00000361. The second-order valence-electron chi connectivity index (χ2n) is 4.97. The van der Waals surface area contributed by atoms with E-state index < -0.39 is 0 Å². The maximum absolute atomic E-state index is 12.1. The Morgan fingerprint density at radius 3 is 2.40 bits per heavy atom. The van der Waals surface area contributed by atoms with Crippen LogP contribution < -0.4 is 17.7 Å². The standard InChI is InChI=1S/C15H20N2O2.ClH/c1-4-14(18)16-11-10-15(19)17(2,3)12-13-8-6-5-7-9-13;/h4-9H,1,10-12H2,2-3H3;1H. The Bertz CT molecular complexity index is 458. The van der Waals surface area contributed by atoms with Crippen molar-refractivity contribution in [2.24, 2.45) is 0 Å². The van der Waals surface area contributed by atoms with Crippen LogP contribution in [0.25, 0.3) is 0 Å². The van der Waals surface area contributed by atoms with E-state index >= 15 is 0 Å². The average Bonchev–Trinajstić information content (AvgIpc) is 2.39. The van der Waals surface area contributed by atoms with E-state index in [0.29, 0.717) is 19.5 Å². The molecule has 0 aromatic heterocycles. The number of nitrogens with zero attached hydrogens (tertiary/aromatic N) is 1. The van der Waals surface area contributed by atoms with Crippen LogP contribution in [0.2, 0.25) is 0 Å². The van der Waals surface area contributed by atoms with Gasteiger partial charge in [0.25, 0.3) is 0 Å². The fraction of sp³-hybridized carbons (Fsp3) is 0.333. The van der Waals surface area contributed by atoms with Gasteiger partial charge < -0.3 is 17.7 Å². The average molecular weight is 297 g/mol. The van der Waals surface area contributed by atoms with Gasteiger partial charge in [-0.05, 0) is 6.08 Å². The maximum Gasteiger partial charge on any atom is 0.315 e. The number of hydrogen-bond donors (Lipinski definition) is 1. The van der Waals surface area contributed by atoms with Crippen molar-refractivity contribution in [3.05, 3.63) is 48.6 Å². The van der Waals surface area contributed by atoms with Crippen LogP contribution >= 0.6 is 0 Å². The summed E-state index contributed by atoms with van der Waals surface area (Å²) in [5.74, 6) is -0.158. The highest BCUT2D eigenvalue weighted by Crippen LogP contribution is 2.10. The molecule has 1 aromatic carbocycles. The molecule has 0 unspecified atom stereocenters. The number of quaternary nitrogens is 1. The summed E-state index contributed by atoms with van der Waals surface area (Å²) in [6.07, 6.45) is 1.52. The van der Waals surface area contributed by atoms with Crippen LogP contribution in [0.5, 0.6) is 0 Å². The molecule has 0 fully saturated rings. The Morgan fingerprint density at radius 1 is 1.25 bits per heavy atom. The molecule has 2 amide bonds. The summed E-state index contributed by atoms with van der Waals surface area (Å²) in [7, 11) is 3.76.